The van der Waals surface area contributed by atoms with Crippen molar-refractivity contribution < 1.29 is 26.4 Å². The summed E-state index contributed by atoms with van der Waals surface area (Å²) in [6.45, 7) is 8.53. The third-order valence-electron chi connectivity index (χ3n) is 6.89. The van der Waals surface area contributed by atoms with Crippen LogP contribution in [0.4, 0.5) is 0 Å². The molecule has 0 atom stereocenters. The van der Waals surface area contributed by atoms with E-state index in [-0.39, 0.29) is 40.7 Å². The van der Waals surface area contributed by atoms with Gasteiger partial charge in [-0.15, -0.1) is 0 Å². The second-order valence-electron chi connectivity index (χ2n) is 10.2. The lowest BCUT2D eigenvalue weighted by molar-refractivity contribution is 0.0951. The summed E-state index contributed by atoms with van der Waals surface area (Å²) in [4.78, 5) is 29.9. The molecule has 0 unspecified atom stereocenters. The first-order chi connectivity index (χ1) is 17.4. The largest absolute Gasteiger partial charge is 0.352 e. The number of nitrogens with one attached hydrogen (secondary N) is 2. The van der Waals surface area contributed by atoms with Gasteiger partial charge in [-0.25, -0.2) is 16.8 Å². The van der Waals surface area contributed by atoms with Gasteiger partial charge < -0.3 is 20.4 Å². The quantitative estimate of drug-likeness (QED) is 0.377. The second-order valence-corrected chi connectivity index (χ2v) is 14.8. The first-order valence-corrected chi connectivity index (χ1v) is 16.7. The summed E-state index contributed by atoms with van der Waals surface area (Å²) in [5.74, 6) is 0.424. The number of hydrogen-bond donors (Lipinski definition) is 2. The number of carbonyl (C=O) groups excluding carboxylic acids is 2. The fraction of sp³-hybridized carbons (Fsp3) is 0.680. The molecule has 37 heavy (non-hydrogen) atoms. The Balaban J connectivity index is 1.46. The molecule has 1 aromatic carbocycles. The molecule has 0 saturated carbocycles. The Bertz CT molecular complexity index is 1060. The predicted molar refractivity (Wildman–Crippen MR) is 145 cm³/mol. The maximum absolute atomic E-state index is 12.8. The molecule has 0 radical (unpaired) electrons. The third-order valence-corrected chi connectivity index (χ3v) is 10.1. The van der Waals surface area contributed by atoms with Gasteiger partial charge in [0.15, 0.2) is 19.7 Å². The van der Waals surface area contributed by atoms with Gasteiger partial charge in [-0.05, 0) is 55.6 Å². The zero-order valence-electron chi connectivity index (χ0n) is 21.9. The fourth-order valence-corrected chi connectivity index (χ4v) is 6.96. The zero-order chi connectivity index (χ0) is 27.1. The van der Waals surface area contributed by atoms with Crippen molar-refractivity contribution in [3.05, 3.63) is 34.9 Å². The van der Waals surface area contributed by atoms with Crippen molar-refractivity contribution in [3.8, 4) is 0 Å². The minimum Gasteiger partial charge on any atom is -0.352 e. The van der Waals surface area contributed by atoms with Crippen LogP contribution >= 0.6 is 0 Å². The van der Waals surface area contributed by atoms with E-state index in [9.17, 15) is 26.4 Å². The molecule has 12 heteroatoms. The molecule has 0 aliphatic carbocycles. The summed E-state index contributed by atoms with van der Waals surface area (Å²) in [6.07, 6.45) is 1.43. The summed E-state index contributed by atoms with van der Waals surface area (Å²) in [7, 11) is -5.80. The highest BCUT2D eigenvalue weighted by Gasteiger charge is 2.22. The van der Waals surface area contributed by atoms with Crippen molar-refractivity contribution in [2.24, 2.45) is 0 Å². The predicted octanol–water partition coefficient (Wildman–Crippen LogP) is 0.511. The van der Waals surface area contributed by atoms with Crippen LogP contribution in [0.3, 0.4) is 0 Å². The summed E-state index contributed by atoms with van der Waals surface area (Å²) < 4.78 is 46.2. The van der Waals surface area contributed by atoms with Gasteiger partial charge in [0.2, 0.25) is 0 Å². The minimum absolute atomic E-state index is 0.144. The van der Waals surface area contributed by atoms with E-state index in [2.05, 4.69) is 20.4 Å². The zero-order valence-corrected chi connectivity index (χ0v) is 23.5. The molecule has 0 aromatic heterocycles. The Kier molecular flexibility index (Phi) is 10.5. The Morgan fingerprint density at radius 3 is 1.46 bits per heavy atom. The van der Waals surface area contributed by atoms with Crippen LogP contribution in [0.15, 0.2) is 18.2 Å². The molecule has 3 rings (SSSR count). The molecule has 2 fully saturated rings. The van der Waals surface area contributed by atoms with Crippen molar-refractivity contribution in [2.45, 2.75) is 32.6 Å². The standard InChI is InChI=1S/C25H40N4O6S2/c1-20(2)21-17-22(24(30)26-5-3-7-28-9-13-36(32,33)14-10-28)19-23(18-21)25(31)27-6-4-8-29-11-15-37(34,35)16-12-29/h17-20H,3-16H2,1-2H3,(H,26,30)(H,27,31). The van der Waals surface area contributed by atoms with Crippen LogP contribution in [0.2, 0.25) is 0 Å². The van der Waals surface area contributed by atoms with Crippen LogP contribution in [0.1, 0.15) is 58.9 Å². The van der Waals surface area contributed by atoms with Crippen LogP contribution in [0, 0.1) is 0 Å². The van der Waals surface area contributed by atoms with Gasteiger partial charge in [0.1, 0.15) is 0 Å². The van der Waals surface area contributed by atoms with Gasteiger partial charge in [0.25, 0.3) is 11.8 Å². The first-order valence-electron chi connectivity index (χ1n) is 13.0. The lowest BCUT2D eigenvalue weighted by Gasteiger charge is -2.26. The Hall–Kier alpha value is -2.02. The van der Waals surface area contributed by atoms with Gasteiger partial charge >= 0.3 is 0 Å². The fourth-order valence-electron chi connectivity index (χ4n) is 4.41. The number of hydrogen-bond acceptors (Lipinski definition) is 8. The van der Waals surface area contributed by atoms with Gasteiger partial charge in [-0.1, -0.05) is 13.8 Å². The molecule has 0 bridgehead atoms. The summed E-state index contributed by atoms with van der Waals surface area (Å²) >= 11 is 0. The molecule has 2 saturated heterocycles. The molecule has 2 aliphatic rings. The SMILES string of the molecule is CC(C)c1cc(C(=O)NCCCN2CCS(=O)(=O)CC2)cc(C(=O)NCCCN2CCS(=O)(=O)CC2)c1. The number of nitrogens with zero attached hydrogens (tertiary/aromatic N) is 2. The van der Waals surface area contributed by atoms with E-state index in [0.717, 1.165) is 18.7 Å². The van der Waals surface area contributed by atoms with E-state index in [0.29, 0.717) is 63.2 Å². The molecule has 2 heterocycles. The van der Waals surface area contributed by atoms with Crippen LogP contribution in [0.25, 0.3) is 0 Å². The Morgan fingerprint density at radius 2 is 1.11 bits per heavy atom. The van der Waals surface area contributed by atoms with Gasteiger partial charge in [0, 0.05) is 50.4 Å². The molecular weight excluding hydrogens is 516 g/mol. The van der Waals surface area contributed by atoms with E-state index in [1.54, 1.807) is 6.07 Å². The van der Waals surface area contributed by atoms with Crippen molar-refractivity contribution in [1.29, 1.82) is 0 Å². The van der Waals surface area contributed by atoms with Gasteiger partial charge in [-0.3, -0.25) is 9.59 Å². The monoisotopic (exact) mass is 556 g/mol. The van der Waals surface area contributed by atoms with Crippen LogP contribution in [0.5, 0.6) is 0 Å². The number of carbonyl (C=O) groups is 2. The van der Waals surface area contributed by atoms with E-state index in [1.165, 1.54) is 0 Å². The molecule has 1 aromatic rings. The van der Waals surface area contributed by atoms with Gasteiger partial charge in [-0.2, -0.15) is 0 Å². The number of rotatable bonds is 11. The smallest absolute Gasteiger partial charge is 0.251 e. The molecule has 208 valence electrons. The summed E-state index contributed by atoms with van der Waals surface area (Å²) in [6, 6.07) is 5.24. The second kappa shape index (κ2) is 13.2. The summed E-state index contributed by atoms with van der Waals surface area (Å²) in [5.41, 5.74) is 1.78. The highest BCUT2D eigenvalue weighted by Crippen LogP contribution is 2.19. The van der Waals surface area contributed by atoms with Gasteiger partial charge in [0.05, 0.1) is 23.0 Å². The normalized spacial score (nSPS) is 20.0. The average molecular weight is 557 g/mol. The topological polar surface area (TPSA) is 133 Å². The minimum atomic E-state index is -2.90. The molecule has 0 spiro atoms. The maximum atomic E-state index is 12.8. The Labute approximate surface area is 221 Å². The third kappa shape index (κ3) is 9.66. The Morgan fingerprint density at radius 1 is 0.730 bits per heavy atom. The molecule has 2 amide bonds. The number of benzene rings is 1. The summed E-state index contributed by atoms with van der Waals surface area (Å²) in [5, 5.41) is 5.84. The van der Waals surface area contributed by atoms with E-state index >= 15 is 0 Å². The maximum Gasteiger partial charge on any atom is 0.251 e. The average Bonchev–Trinajstić information content (AvgIpc) is 2.85. The van der Waals surface area contributed by atoms with E-state index in [4.69, 9.17) is 0 Å². The number of amides is 2. The van der Waals surface area contributed by atoms with Crippen molar-refractivity contribution in [2.75, 3.05) is 75.4 Å². The van der Waals surface area contributed by atoms with Crippen LogP contribution in [-0.2, 0) is 19.7 Å². The highest BCUT2D eigenvalue weighted by atomic mass is 32.2. The first kappa shape index (κ1) is 29.5. The van der Waals surface area contributed by atoms with Crippen molar-refractivity contribution >= 4 is 31.5 Å². The van der Waals surface area contributed by atoms with Crippen molar-refractivity contribution in [3.63, 3.8) is 0 Å². The van der Waals surface area contributed by atoms with E-state index < -0.39 is 19.7 Å². The lowest BCUT2D eigenvalue weighted by Crippen LogP contribution is -2.41. The highest BCUT2D eigenvalue weighted by molar-refractivity contribution is 7.91. The molecular formula is C25H40N4O6S2. The van der Waals surface area contributed by atoms with E-state index in [1.807, 2.05) is 26.0 Å². The van der Waals surface area contributed by atoms with Crippen molar-refractivity contribution in [1.82, 2.24) is 20.4 Å². The molecule has 10 nitrogen and oxygen atoms in total. The number of sulfone groups is 2. The van der Waals surface area contributed by atoms with Crippen LogP contribution in [-0.4, -0.2) is 114 Å². The van der Waals surface area contributed by atoms with Crippen LogP contribution < -0.4 is 10.6 Å². The molecule has 2 N–H and O–H groups in total. The lowest BCUT2D eigenvalue weighted by atomic mass is 9.97. The molecule has 2 aliphatic heterocycles.